The molecule has 0 radical (unpaired) electrons. The second-order valence-corrected chi connectivity index (χ2v) is 5.43. The second-order valence-electron chi connectivity index (χ2n) is 5.43. The first-order valence-corrected chi connectivity index (χ1v) is 6.98. The van der Waals surface area contributed by atoms with Crippen molar-refractivity contribution in [3.63, 3.8) is 0 Å². The first kappa shape index (κ1) is 13.4. The van der Waals surface area contributed by atoms with Gasteiger partial charge in [-0.1, -0.05) is 18.2 Å². The summed E-state index contributed by atoms with van der Waals surface area (Å²) >= 11 is 0. The summed E-state index contributed by atoms with van der Waals surface area (Å²) in [6.07, 6.45) is 2.04. The first-order valence-electron chi connectivity index (χ1n) is 6.98. The molecule has 1 aliphatic heterocycles. The van der Waals surface area contributed by atoms with E-state index in [4.69, 9.17) is 5.73 Å². The number of aryl methyl sites for hydroxylation is 1. The lowest BCUT2D eigenvalue weighted by molar-refractivity contribution is -0.384. The van der Waals surface area contributed by atoms with Crippen molar-refractivity contribution >= 4 is 22.7 Å². The lowest BCUT2D eigenvalue weighted by Gasteiger charge is -2.37. The van der Waals surface area contributed by atoms with Gasteiger partial charge in [0.05, 0.1) is 10.6 Å². The van der Waals surface area contributed by atoms with E-state index >= 15 is 0 Å². The van der Waals surface area contributed by atoms with Crippen LogP contribution in [0.2, 0.25) is 0 Å². The van der Waals surface area contributed by atoms with E-state index in [0.29, 0.717) is 5.69 Å². The van der Waals surface area contributed by atoms with Gasteiger partial charge in [0.15, 0.2) is 0 Å². The van der Waals surface area contributed by atoms with E-state index in [2.05, 4.69) is 24.0 Å². The Kier molecular flexibility index (Phi) is 3.25. The fraction of sp³-hybridized carbons (Fsp3) is 0.250. The monoisotopic (exact) mass is 283 g/mol. The number of non-ortho nitro benzene ring substituents is 1. The van der Waals surface area contributed by atoms with Gasteiger partial charge in [-0.3, -0.25) is 10.1 Å². The van der Waals surface area contributed by atoms with Crippen LogP contribution in [0.3, 0.4) is 0 Å². The summed E-state index contributed by atoms with van der Waals surface area (Å²) in [5, 5.41) is 11.0. The molecule has 2 N–H and O–H groups in total. The third-order valence-corrected chi connectivity index (χ3v) is 3.94. The van der Waals surface area contributed by atoms with Crippen LogP contribution in [-0.4, -0.2) is 11.0 Å². The quantitative estimate of drug-likeness (QED) is 0.518. The predicted octanol–water partition coefficient (Wildman–Crippen LogP) is 3.65. The van der Waals surface area contributed by atoms with Gasteiger partial charge in [0.1, 0.15) is 0 Å². The second kappa shape index (κ2) is 5.09. The Balaban J connectivity index is 2.13. The highest BCUT2D eigenvalue weighted by Gasteiger charge is 2.25. The van der Waals surface area contributed by atoms with Crippen LogP contribution in [0.5, 0.6) is 0 Å². The number of rotatable bonds is 2. The smallest absolute Gasteiger partial charge is 0.273 e. The summed E-state index contributed by atoms with van der Waals surface area (Å²) in [5.74, 6) is 0. The molecule has 0 aromatic heterocycles. The molecule has 0 bridgehead atoms. The third-order valence-electron chi connectivity index (χ3n) is 3.94. The van der Waals surface area contributed by atoms with Crippen LogP contribution in [0.25, 0.3) is 0 Å². The van der Waals surface area contributed by atoms with Gasteiger partial charge >= 0.3 is 0 Å². The Bertz CT molecular complexity index is 700. The zero-order chi connectivity index (χ0) is 15.0. The molecule has 0 aliphatic carbocycles. The molecule has 0 spiro atoms. The van der Waals surface area contributed by atoms with E-state index in [1.165, 1.54) is 11.6 Å². The van der Waals surface area contributed by atoms with E-state index in [-0.39, 0.29) is 11.7 Å². The SMILES string of the molecule is CC1CCc2ccccc2N1c1cc(N)cc([N+](=O)[O-])c1. The fourth-order valence-corrected chi connectivity index (χ4v) is 2.94. The predicted molar refractivity (Wildman–Crippen MR) is 83.9 cm³/mol. The number of hydrogen-bond donors (Lipinski definition) is 1. The highest BCUT2D eigenvalue weighted by molar-refractivity contribution is 5.73. The molecule has 108 valence electrons. The molecule has 21 heavy (non-hydrogen) atoms. The van der Waals surface area contributed by atoms with E-state index in [9.17, 15) is 10.1 Å². The molecule has 5 heteroatoms. The van der Waals surface area contributed by atoms with Crippen molar-refractivity contribution in [1.29, 1.82) is 0 Å². The third kappa shape index (κ3) is 2.42. The highest BCUT2D eigenvalue weighted by atomic mass is 16.6. The lowest BCUT2D eigenvalue weighted by atomic mass is 9.96. The maximum Gasteiger partial charge on any atom is 0.273 e. The topological polar surface area (TPSA) is 72.4 Å². The summed E-state index contributed by atoms with van der Waals surface area (Å²) in [6.45, 7) is 2.13. The first-order chi connectivity index (χ1) is 10.1. The highest BCUT2D eigenvalue weighted by Crippen LogP contribution is 2.38. The van der Waals surface area contributed by atoms with Crippen molar-refractivity contribution in [2.45, 2.75) is 25.8 Å². The summed E-state index contributed by atoms with van der Waals surface area (Å²) in [7, 11) is 0. The number of nitrogens with zero attached hydrogens (tertiary/aromatic N) is 2. The number of benzene rings is 2. The minimum Gasteiger partial charge on any atom is -0.398 e. The lowest BCUT2D eigenvalue weighted by Crippen LogP contribution is -2.33. The Hall–Kier alpha value is -2.56. The number of nitrogens with two attached hydrogens (primary N) is 1. The van der Waals surface area contributed by atoms with Crippen molar-refractivity contribution in [3.05, 3.63) is 58.1 Å². The number of para-hydroxylation sites is 1. The van der Waals surface area contributed by atoms with Crippen molar-refractivity contribution in [2.24, 2.45) is 0 Å². The van der Waals surface area contributed by atoms with E-state index in [1.807, 2.05) is 12.1 Å². The number of nitro benzene ring substituents is 1. The van der Waals surface area contributed by atoms with Gasteiger partial charge in [-0.05, 0) is 37.5 Å². The van der Waals surface area contributed by atoms with Crippen LogP contribution in [0.15, 0.2) is 42.5 Å². The molecule has 0 saturated heterocycles. The van der Waals surface area contributed by atoms with E-state index in [0.717, 1.165) is 24.2 Å². The number of fused-ring (bicyclic) bond motifs is 1. The number of nitro groups is 1. The van der Waals surface area contributed by atoms with Crippen LogP contribution in [0.1, 0.15) is 18.9 Å². The molecule has 1 heterocycles. The summed E-state index contributed by atoms with van der Waals surface area (Å²) in [5.41, 5.74) is 9.43. The van der Waals surface area contributed by atoms with Gasteiger partial charge in [0.2, 0.25) is 0 Å². The average molecular weight is 283 g/mol. The summed E-state index contributed by atoms with van der Waals surface area (Å²) in [4.78, 5) is 12.8. The Morgan fingerprint density at radius 1 is 1.29 bits per heavy atom. The molecular weight excluding hydrogens is 266 g/mol. The standard InChI is InChI=1S/C16H17N3O2/c1-11-6-7-12-4-2-3-5-16(12)18(11)14-8-13(17)9-15(10-14)19(20)21/h2-5,8-11H,6-7,17H2,1H3. The van der Waals surface area contributed by atoms with Gasteiger partial charge < -0.3 is 10.6 Å². The van der Waals surface area contributed by atoms with Crippen molar-refractivity contribution in [2.75, 3.05) is 10.6 Å². The van der Waals surface area contributed by atoms with Crippen molar-refractivity contribution in [1.82, 2.24) is 0 Å². The van der Waals surface area contributed by atoms with Gasteiger partial charge in [0.25, 0.3) is 5.69 Å². The molecule has 2 aromatic carbocycles. The maximum atomic E-state index is 11.0. The number of anilines is 3. The minimum absolute atomic E-state index is 0.0280. The number of nitrogen functional groups attached to an aromatic ring is 1. The molecule has 3 rings (SSSR count). The summed E-state index contributed by atoms with van der Waals surface area (Å²) in [6, 6.07) is 13.2. The normalized spacial score (nSPS) is 17.4. The van der Waals surface area contributed by atoms with Crippen LogP contribution in [0.4, 0.5) is 22.7 Å². The zero-order valence-electron chi connectivity index (χ0n) is 11.8. The van der Waals surface area contributed by atoms with Gasteiger partial charge in [-0.25, -0.2) is 0 Å². The zero-order valence-corrected chi connectivity index (χ0v) is 11.8. The van der Waals surface area contributed by atoms with Gasteiger partial charge in [-0.2, -0.15) is 0 Å². The van der Waals surface area contributed by atoms with Crippen molar-refractivity contribution < 1.29 is 4.92 Å². The molecule has 5 nitrogen and oxygen atoms in total. The van der Waals surface area contributed by atoms with Crippen LogP contribution in [-0.2, 0) is 6.42 Å². The van der Waals surface area contributed by atoms with Crippen LogP contribution in [0, 0.1) is 10.1 Å². The fourth-order valence-electron chi connectivity index (χ4n) is 2.94. The molecule has 1 aliphatic rings. The molecule has 1 unspecified atom stereocenters. The molecule has 2 aromatic rings. The average Bonchev–Trinajstić information content (AvgIpc) is 2.46. The van der Waals surface area contributed by atoms with Crippen LogP contribution < -0.4 is 10.6 Å². The van der Waals surface area contributed by atoms with Gasteiger partial charge in [0, 0.05) is 29.5 Å². The number of hydrogen-bond acceptors (Lipinski definition) is 4. The molecule has 0 saturated carbocycles. The molecule has 1 atom stereocenters. The van der Waals surface area contributed by atoms with E-state index < -0.39 is 4.92 Å². The maximum absolute atomic E-state index is 11.0. The van der Waals surface area contributed by atoms with Gasteiger partial charge in [-0.15, -0.1) is 0 Å². The minimum atomic E-state index is -0.402. The summed E-state index contributed by atoms with van der Waals surface area (Å²) < 4.78 is 0. The Labute approximate surface area is 123 Å². The Morgan fingerprint density at radius 3 is 2.81 bits per heavy atom. The Morgan fingerprint density at radius 2 is 2.05 bits per heavy atom. The molecule has 0 fully saturated rings. The molecular formula is C16H17N3O2. The van der Waals surface area contributed by atoms with Crippen LogP contribution >= 0.6 is 0 Å². The largest absolute Gasteiger partial charge is 0.398 e. The van der Waals surface area contributed by atoms with E-state index in [1.54, 1.807) is 12.1 Å². The van der Waals surface area contributed by atoms with Crippen molar-refractivity contribution in [3.8, 4) is 0 Å². The molecule has 0 amide bonds.